The minimum Gasteiger partial charge on any atom is -0.369 e. The van der Waals surface area contributed by atoms with Crippen molar-refractivity contribution in [3.63, 3.8) is 0 Å². The number of nitrogens with zero attached hydrogens (tertiary/aromatic N) is 1. The molecule has 1 amide bonds. The minimum absolute atomic E-state index is 0.286. The van der Waals surface area contributed by atoms with Crippen LogP contribution in [0.2, 0.25) is 0 Å². The van der Waals surface area contributed by atoms with Gasteiger partial charge in [0.2, 0.25) is 5.91 Å². The van der Waals surface area contributed by atoms with Crippen LogP contribution in [0.4, 0.5) is 0 Å². The molecule has 0 saturated heterocycles. The average molecular weight is 138 g/mol. The number of aromatic nitrogens is 1. The first-order chi connectivity index (χ1) is 4.68. The van der Waals surface area contributed by atoms with Gasteiger partial charge in [0, 0.05) is 19.4 Å². The van der Waals surface area contributed by atoms with E-state index in [2.05, 4.69) is 0 Å². The molecule has 0 unspecified atom stereocenters. The maximum atomic E-state index is 10.4. The molecule has 1 heterocycles. The summed E-state index contributed by atoms with van der Waals surface area (Å²) < 4.78 is 1.89. The third-order valence-electron chi connectivity index (χ3n) is 1.27. The van der Waals surface area contributed by atoms with Gasteiger partial charge in [-0.1, -0.05) is 0 Å². The molecule has 0 aliphatic heterocycles. The SMILES string of the molecule is Cn1ccc(CC(N)=O)c1. The molecule has 0 aliphatic carbocycles. The predicted molar refractivity (Wildman–Crippen MR) is 38.3 cm³/mol. The first kappa shape index (κ1) is 6.86. The van der Waals surface area contributed by atoms with E-state index in [1.54, 1.807) is 0 Å². The Kier molecular flexibility index (Phi) is 1.76. The zero-order chi connectivity index (χ0) is 7.56. The van der Waals surface area contributed by atoms with E-state index < -0.39 is 0 Å². The van der Waals surface area contributed by atoms with Gasteiger partial charge in [-0.05, 0) is 11.6 Å². The standard InChI is InChI=1S/C7H10N2O/c1-9-3-2-6(5-9)4-7(8)10/h2-3,5H,4H2,1H3,(H2,8,10). The van der Waals surface area contributed by atoms with Gasteiger partial charge < -0.3 is 10.3 Å². The molecular weight excluding hydrogens is 128 g/mol. The van der Waals surface area contributed by atoms with Gasteiger partial charge in [0.25, 0.3) is 0 Å². The molecule has 0 aliphatic rings. The Morgan fingerprint density at radius 3 is 2.90 bits per heavy atom. The van der Waals surface area contributed by atoms with Crippen molar-refractivity contribution >= 4 is 5.91 Å². The highest BCUT2D eigenvalue weighted by atomic mass is 16.1. The number of hydrogen-bond donors (Lipinski definition) is 1. The normalized spacial score (nSPS) is 9.70. The molecule has 1 aromatic heterocycles. The van der Waals surface area contributed by atoms with Crippen LogP contribution in [0, 0.1) is 0 Å². The second-order valence-electron chi connectivity index (χ2n) is 2.33. The van der Waals surface area contributed by atoms with Crippen molar-refractivity contribution in [1.29, 1.82) is 0 Å². The molecule has 0 saturated carbocycles. The summed E-state index contributed by atoms with van der Waals surface area (Å²) in [5.41, 5.74) is 5.95. The number of aryl methyl sites for hydroxylation is 1. The van der Waals surface area contributed by atoms with E-state index in [0.29, 0.717) is 6.42 Å². The van der Waals surface area contributed by atoms with E-state index in [1.165, 1.54) is 0 Å². The summed E-state index contributed by atoms with van der Waals surface area (Å²) in [5, 5.41) is 0. The quantitative estimate of drug-likeness (QED) is 0.617. The van der Waals surface area contributed by atoms with Gasteiger partial charge in [-0.15, -0.1) is 0 Å². The Balaban J connectivity index is 2.67. The molecule has 0 fully saturated rings. The Hall–Kier alpha value is -1.25. The highest BCUT2D eigenvalue weighted by Crippen LogP contribution is 1.98. The van der Waals surface area contributed by atoms with Crippen LogP contribution in [0.3, 0.4) is 0 Å². The third kappa shape index (κ3) is 1.62. The van der Waals surface area contributed by atoms with E-state index in [4.69, 9.17) is 5.73 Å². The largest absolute Gasteiger partial charge is 0.369 e. The number of rotatable bonds is 2. The van der Waals surface area contributed by atoms with Crippen molar-refractivity contribution in [2.24, 2.45) is 12.8 Å². The van der Waals surface area contributed by atoms with Crippen molar-refractivity contribution < 1.29 is 4.79 Å². The van der Waals surface area contributed by atoms with Gasteiger partial charge in [0.15, 0.2) is 0 Å². The van der Waals surface area contributed by atoms with Crippen molar-refractivity contribution in [2.75, 3.05) is 0 Å². The van der Waals surface area contributed by atoms with Crippen LogP contribution >= 0.6 is 0 Å². The fourth-order valence-electron chi connectivity index (χ4n) is 0.867. The topological polar surface area (TPSA) is 48.0 Å². The highest BCUT2D eigenvalue weighted by molar-refractivity contribution is 5.76. The lowest BCUT2D eigenvalue weighted by Crippen LogP contribution is -2.13. The molecule has 0 spiro atoms. The first-order valence-electron chi connectivity index (χ1n) is 3.07. The van der Waals surface area contributed by atoms with Crippen LogP contribution in [0.1, 0.15) is 5.56 Å². The molecular formula is C7H10N2O. The molecule has 0 aromatic carbocycles. The molecule has 1 aromatic rings. The van der Waals surface area contributed by atoms with E-state index >= 15 is 0 Å². The minimum atomic E-state index is -0.286. The molecule has 1 rings (SSSR count). The maximum Gasteiger partial charge on any atom is 0.221 e. The van der Waals surface area contributed by atoms with E-state index in [1.807, 2.05) is 30.1 Å². The Morgan fingerprint density at radius 2 is 2.50 bits per heavy atom. The number of hydrogen-bond acceptors (Lipinski definition) is 1. The molecule has 0 atom stereocenters. The lowest BCUT2D eigenvalue weighted by Gasteiger charge is -1.88. The Bertz CT molecular complexity index is 240. The van der Waals surface area contributed by atoms with Crippen LogP contribution in [0.15, 0.2) is 18.5 Å². The fourth-order valence-corrected chi connectivity index (χ4v) is 0.867. The smallest absolute Gasteiger partial charge is 0.221 e. The van der Waals surface area contributed by atoms with Crippen LogP contribution in [-0.4, -0.2) is 10.5 Å². The average Bonchev–Trinajstić information content (AvgIpc) is 2.13. The van der Waals surface area contributed by atoms with E-state index in [9.17, 15) is 4.79 Å². The summed E-state index contributed by atoms with van der Waals surface area (Å²) in [4.78, 5) is 10.4. The molecule has 3 heteroatoms. The summed E-state index contributed by atoms with van der Waals surface area (Å²) in [6, 6.07) is 1.88. The summed E-state index contributed by atoms with van der Waals surface area (Å²) in [6.45, 7) is 0. The zero-order valence-electron chi connectivity index (χ0n) is 5.87. The number of primary amides is 1. The molecule has 0 bridgehead atoms. The van der Waals surface area contributed by atoms with Crippen molar-refractivity contribution in [3.05, 3.63) is 24.0 Å². The summed E-state index contributed by atoms with van der Waals surface area (Å²) in [5.74, 6) is -0.286. The van der Waals surface area contributed by atoms with Crippen LogP contribution in [0.5, 0.6) is 0 Å². The highest BCUT2D eigenvalue weighted by Gasteiger charge is 1.97. The van der Waals surface area contributed by atoms with E-state index in [0.717, 1.165) is 5.56 Å². The van der Waals surface area contributed by atoms with Crippen LogP contribution in [-0.2, 0) is 18.3 Å². The van der Waals surface area contributed by atoms with Gasteiger partial charge >= 0.3 is 0 Å². The molecule has 2 N–H and O–H groups in total. The van der Waals surface area contributed by atoms with Crippen molar-refractivity contribution in [2.45, 2.75) is 6.42 Å². The van der Waals surface area contributed by atoms with Gasteiger partial charge in [-0.2, -0.15) is 0 Å². The lowest BCUT2D eigenvalue weighted by molar-refractivity contribution is -0.117. The van der Waals surface area contributed by atoms with Crippen molar-refractivity contribution in [1.82, 2.24) is 4.57 Å². The number of carbonyl (C=O) groups excluding carboxylic acids is 1. The second kappa shape index (κ2) is 2.56. The maximum absolute atomic E-state index is 10.4. The number of carbonyl (C=O) groups is 1. The second-order valence-corrected chi connectivity index (χ2v) is 2.33. The third-order valence-corrected chi connectivity index (χ3v) is 1.27. The summed E-state index contributed by atoms with van der Waals surface area (Å²) in [6.07, 6.45) is 4.10. The molecule has 3 nitrogen and oxygen atoms in total. The summed E-state index contributed by atoms with van der Waals surface area (Å²) in [7, 11) is 1.91. The zero-order valence-corrected chi connectivity index (χ0v) is 5.87. The van der Waals surface area contributed by atoms with Gasteiger partial charge in [-0.25, -0.2) is 0 Å². The first-order valence-corrected chi connectivity index (χ1v) is 3.07. The Labute approximate surface area is 59.4 Å². The van der Waals surface area contributed by atoms with Crippen LogP contribution in [0.25, 0.3) is 0 Å². The van der Waals surface area contributed by atoms with Gasteiger partial charge in [-0.3, -0.25) is 4.79 Å². The van der Waals surface area contributed by atoms with Crippen molar-refractivity contribution in [3.8, 4) is 0 Å². The Morgan fingerprint density at radius 1 is 1.80 bits per heavy atom. The lowest BCUT2D eigenvalue weighted by atomic mass is 10.2. The number of amides is 1. The number of nitrogens with two attached hydrogens (primary N) is 1. The summed E-state index contributed by atoms with van der Waals surface area (Å²) >= 11 is 0. The molecule has 10 heavy (non-hydrogen) atoms. The van der Waals surface area contributed by atoms with Gasteiger partial charge in [0.05, 0.1) is 6.42 Å². The molecule has 0 radical (unpaired) electrons. The fraction of sp³-hybridized carbons (Fsp3) is 0.286. The monoisotopic (exact) mass is 138 g/mol. The van der Waals surface area contributed by atoms with E-state index in [-0.39, 0.29) is 5.91 Å². The van der Waals surface area contributed by atoms with Crippen LogP contribution < -0.4 is 5.73 Å². The van der Waals surface area contributed by atoms with Gasteiger partial charge in [0.1, 0.15) is 0 Å². The molecule has 54 valence electrons. The predicted octanol–water partition coefficient (Wildman–Crippen LogP) is 0.0529.